The molecule has 0 unspecified atom stereocenters. The zero-order valence-corrected chi connectivity index (χ0v) is 27.8. The van der Waals surface area contributed by atoms with Crippen molar-refractivity contribution in [3.05, 3.63) is 130 Å². The van der Waals surface area contributed by atoms with E-state index in [9.17, 15) is 18.0 Å². The second-order valence-corrected chi connectivity index (χ2v) is 14.2. The van der Waals surface area contributed by atoms with E-state index in [0.717, 1.165) is 46.7 Å². The van der Waals surface area contributed by atoms with Crippen molar-refractivity contribution in [1.29, 1.82) is 0 Å². The molecule has 9 heteroatoms. The number of halogens is 1. The summed E-state index contributed by atoms with van der Waals surface area (Å²) in [6.45, 7) is 3.31. The van der Waals surface area contributed by atoms with Gasteiger partial charge in [-0.3, -0.25) is 13.9 Å². The Bertz CT molecular complexity index is 1760. The summed E-state index contributed by atoms with van der Waals surface area (Å²) in [5.74, 6) is -0.740. The molecule has 4 aromatic carbocycles. The second kappa shape index (κ2) is 15.0. The van der Waals surface area contributed by atoms with Gasteiger partial charge in [0, 0.05) is 24.0 Å². The molecule has 0 saturated heterocycles. The first-order chi connectivity index (χ1) is 22.1. The van der Waals surface area contributed by atoms with Crippen molar-refractivity contribution in [2.75, 3.05) is 10.8 Å². The predicted molar refractivity (Wildman–Crippen MR) is 183 cm³/mol. The molecule has 4 aromatic rings. The smallest absolute Gasteiger partial charge is 0.264 e. The van der Waals surface area contributed by atoms with Crippen molar-refractivity contribution >= 4 is 39.1 Å². The number of sulfonamides is 1. The largest absolute Gasteiger partial charge is 0.352 e. The molecule has 0 radical (unpaired) electrons. The quantitative estimate of drug-likeness (QED) is 0.181. The molecule has 1 fully saturated rings. The van der Waals surface area contributed by atoms with Crippen molar-refractivity contribution in [2.24, 2.45) is 0 Å². The third kappa shape index (κ3) is 7.98. The second-order valence-electron chi connectivity index (χ2n) is 11.9. The van der Waals surface area contributed by atoms with Crippen LogP contribution in [0.2, 0.25) is 5.02 Å². The summed E-state index contributed by atoms with van der Waals surface area (Å²) in [7, 11) is -4.20. The topological polar surface area (TPSA) is 86.8 Å². The molecule has 5 rings (SSSR count). The van der Waals surface area contributed by atoms with Gasteiger partial charge in [-0.2, -0.15) is 0 Å². The normalized spacial score (nSPS) is 14.1. The van der Waals surface area contributed by atoms with E-state index in [2.05, 4.69) is 5.32 Å². The molecule has 0 heterocycles. The number of carbonyl (C=O) groups is 2. The van der Waals surface area contributed by atoms with Crippen molar-refractivity contribution in [1.82, 2.24) is 10.2 Å². The number of rotatable bonds is 12. The predicted octanol–water partition coefficient (Wildman–Crippen LogP) is 6.85. The lowest BCUT2D eigenvalue weighted by Gasteiger charge is -2.34. The molecule has 1 atom stereocenters. The Hall–Kier alpha value is -4.14. The van der Waals surface area contributed by atoms with Crippen LogP contribution in [-0.2, 0) is 32.6 Å². The summed E-state index contributed by atoms with van der Waals surface area (Å²) in [5, 5.41) is 3.59. The number of nitrogens with one attached hydrogen (secondary N) is 1. The summed E-state index contributed by atoms with van der Waals surface area (Å²) < 4.78 is 29.5. The van der Waals surface area contributed by atoms with Crippen LogP contribution >= 0.6 is 11.6 Å². The summed E-state index contributed by atoms with van der Waals surface area (Å²) in [6.07, 6.45) is 4.16. The van der Waals surface area contributed by atoms with Gasteiger partial charge in [-0.1, -0.05) is 109 Å². The monoisotopic (exact) mass is 657 g/mol. The number of carbonyl (C=O) groups excluding carboxylic acids is 2. The highest BCUT2D eigenvalue weighted by atomic mass is 35.5. The van der Waals surface area contributed by atoms with E-state index in [1.807, 2.05) is 61.5 Å². The Kier molecular flexibility index (Phi) is 10.8. The van der Waals surface area contributed by atoms with Gasteiger partial charge in [-0.25, -0.2) is 8.42 Å². The fourth-order valence-corrected chi connectivity index (χ4v) is 7.69. The van der Waals surface area contributed by atoms with Gasteiger partial charge < -0.3 is 10.2 Å². The van der Waals surface area contributed by atoms with Crippen LogP contribution in [0.25, 0.3) is 0 Å². The highest BCUT2D eigenvalue weighted by molar-refractivity contribution is 7.92. The number of amides is 2. The Balaban J connectivity index is 1.59. The average molecular weight is 658 g/mol. The molecular formula is C37H40ClN3O4S. The first kappa shape index (κ1) is 33.2. The Labute approximate surface area is 277 Å². The molecule has 7 nitrogen and oxygen atoms in total. The van der Waals surface area contributed by atoms with Crippen LogP contribution in [-0.4, -0.2) is 43.8 Å². The molecule has 1 N–H and O–H groups in total. The van der Waals surface area contributed by atoms with E-state index in [0.29, 0.717) is 16.3 Å². The molecule has 0 aliphatic heterocycles. The zero-order chi connectivity index (χ0) is 32.7. The van der Waals surface area contributed by atoms with Crippen molar-refractivity contribution in [3.63, 3.8) is 0 Å². The van der Waals surface area contributed by atoms with Crippen LogP contribution in [0.15, 0.2) is 108 Å². The zero-order valence-electron chi connectivity index (χ0n) is 26.2. The lowest BCUT2D eigenvalue weighted by molar-refractivity contribution is -0.140. The van der Waals surface area contributed by atoms with Crippen molar-refractivity contribution in [2.45, 2.75) is 69.5 Å². The number of hydrogen-bond donors (Lipinski definition) is 1. The fraction of sp³-hybridized carbons (Fsp3) is 0.297. The van der Waals surface area contributed by atoms with Crippen LogP contribution in [0.4, 0.5) is 5.69 Å². The molecule has 0 spiro atoms. The van der Waals surface area contributed by atoms with Crippen LogP contribution in [0.5, 0.6) is 0 Å². The molecule has 1 saturated carbocycles. The lowest BCUT2D eigenvalue weighted by Crippen LogP contribution is -2.54. The molecule has 1 aliphatic carbocycles. The molecule has 240 valence electrons. The number of aryl methyl sites for hydroxylation is 1. The number of anilines is 1. The van der Waals surface area contributed by atoms with Gasteiger partial charge in [0.15, 0.2) is 0 Å². The molecule has 46 heavy (non-hydrogen) atoms. The molecule has 2 amide bonds. The standard InChI is InChI=1S/C37H40ClN3O4S/c1-27-13-11-16-30(23-27)25-40(35(24-29-14-5-3-6-15-29)37(43)39-31-17-9-10-18-31)36(42)26-41(34-22-12-21-33(38)28(34)2)46(44,45)32-19-7-4-8-20-32/h3-8,11-16,19-23,31,35H,9-10,17-18,24-26H2,1-2H3,(H,39,43)/t35-/m0/s1. The first-order valence-electron chi connectivity index (χ1n) is 15.7. The van der Waals surface area contributed by atoms with E-state index in [4.69, 9.17) is 11.6 Å². The third-order valence-corrected chi connectivity index (χ3v) is 10.7. The summed E-state index contributed by atoms with van der Waals surface area (Å²) in [4.78, 5) is 30.4. The highest BCUT2D eigenvalue weighted by Gasteiger charge is 2.36. The summed E-state index contributed by atoms with van der Waals surface area (Å²) in [5.41, 5.74) is 3.59. The van der Waals surface area contributed by atoms with Crippen LogP contribution in [0, 0.1) is 13.8 Å². The van der Waals surface area contributed by atoms with Crippen molar-refractivity contribution in [3.8, 4) is 0 Å². The van der Waals surface area contributed by atoms with Crippen molar-refractivity contribution < 1.29 is 18.0 Å². The van der Waals surface area contributed by atoms with E-state index in [1.54, 1.807) is 48.2 Å². The number of hydrogen-bond acceptors (Lipinski definition) is 4. The van der Waals surface area contributed by atoms with Gasteiger partial charge >= 0.3 is 0 Å². The van der Waals surface area contributed by atoms with Gasteiger partial charge in [-0.05, 0) is 67.6 Å². The minimum absolute atomic E-state index is 0.0470. The third-order valence-electron chi connectivity index (χ3n) is 8.53. The molecule has 0 bridgehead atoms. The minimum Gasteiger partial charge on any atom is -0.352 e. The molecule has 0 aromatic heterocycles. The van der Waals surface area contributed by atoms with E-state index in [1.165, 1.54) is 12.1 Å². The maximum absolute atomic E-state index is 14.7. The van der Waals surface area contributed by atoms with E-state index >= 15 is 0 Å². The van der Waals surface area contributed by atoms with Gasteiger partial charge in [-0.15, -0.1) is 0 Å². The Morgan fingerprint density at radius 1 is 0.848 bits per heavy atom. The number of nitrogens with zero attached hydrogens (tertiary/aromatic N) is 2. The fourth-order valence-electron chi connectivity index (χ4n) is 6.03. The first-order valence-corrected chi connectivity index (χ1v) is 17.5. The van der Waals surface area contributed by atoms with Gasteiger partial charge in [0.2, 0.25) is 11.8 Å². The molecular weight excluding hydrogens is 618 g/mol. The molecule has 1 aliphatic rings. The van der Waals surface area contributed by atoms with Gasteiger partial charge in [0.25, 0.3) is 10.0 Å². The van der Waals surface area contributed by atoms with Crippen LogP contribution in [0.3, 0.4) is 0 Å². The Morgan fingerprint density at radius 2 is 1.48 bits per heavy atom. The Morgan fingerprint density at radius 3 is 2.15 bits per heavy atom. The van der Waals surface area contributed by atoms with E-state index < -0.39 is 28.5 Å². The van der Waals surface area contributed by atoms with Crippen LogP contribution < -0.4 is 9.62 Å². The SMILES string of the molecule is Cc1cccc(CN(C(=O)CN(c2cccc(Cl)c2C)S(=O)(=O)c2ccccc2)[C@@H](Cc2ccccc2)C(=O)NC2CCCC2)c1. The lowest BCUT2D eigenvalue weighted by atomic mass is 10.0. The van der Waals surface area contributed by atoms with Gasteiger partial charge in [0.05, 0.1) is 10.6 Å². The highest BCUT2D eigenvalue weighted by Crippen LogP contribution is 2.31. The van der Waals surface area contributed by atoms with Gasteiger partial charge in [0.1, 0.15) is 12.6 Å². The maximum atomic E-state index is 14.7. The summed E-state index contributed by atoms with van der Waals surface area (Å²) in [6, 6.07) is 29.6. The maximum Gasteiger partial charge on any atom is 0.264 e. The van der Waals surface area contributed by atoms with E-state index in [-0.39, 0.29) is 29.8 Å². The minimum atomic E-state index is -4.20. The van der Waals surface area contributed by atoms with Crippen LogP contribution in [0.1, 0.15) is 47.9 Å². The summed E-state index contributed by atoms with van der Waals surface area (Å²) >= 11 is 6.47. The number of benzene rings is 4. The average Bonchev–Trinajstić information content (AvgIpc) is 3.57.